The van der Waals surface area contributed by atoms with Gasteiger partial charge in [0.05, 0.1) is 24.6 Å². The number of hydrogen-bond acceptors (Lipinski definition) is 8. The van der Waals surface area contributed by atoms with Gasteiger partial charge in [-0.05, 0) is 40.1 Å². The van der Waals surface area contributed by atoms with E-state index in [2.05, 4.69) is 9.39 Å². The fourth-order valence-electron chi connectivity index (χ4n) is 3.87. The van der Waals surface area contributed by atoms with Gasteiger partial charge in [-0.2, -0.15) is 9.39 Å². The molecule has 0 bridgehead atoms. The molecule has 3 aromatic carbocycles. The van der Waals surface area contributed by atoms with Crippen LogP contribution in [0.1, 0.15) is 11.1 Å². The zero-order valence-electron chi connectivity index (χ0n) is 19.3. The number of amidine groups is 3. The first-order valence-corrected chi connectivity index (χ1v) is 13.4. The lowest BCUT2D eigenvalue weighted by Crippen LogP contribution is -2.45. The summed E-state index contributed by atoms with van der Waals surface area (Å²) >= 11 is 0.749. The smallest absolute Gasteiger partial charge is 0.283 e. The number of amides is 1. The molecule has 1 amide bonds. The standard InChI is InChI=1S/C25H20N4O5S2/c1-33-21-13-15(10-11-20(21)34-14-17-8-5-7-16-6-3-4-9-18(16)17)12-19-22(26)29-24(27-23(19)30)35-28-25(29)36(2,31)32/h3-13,26H,14H2,1-2H3/b19-12-,26-22?. The molecule has 0 saturated carbocycles. The predicted octanol–water partition coefficient (Wildman–Crippen LogP) is 4.05. The summed E-state index contributed by atoms with van der Waals surface area (Å²) in [5.74, 6) is -0.00701. The Morgan fingerprint density at radius 3 is 2.64 bits per heavy atom. The van der Waals surface area contributed by atoms with Crippen LogP contribution in [0.15, 0.2) is 75.6 Å². The molecule has 182 valence electrons. The van der Waals surface area contributed by atoms with Crippen molar-refractivity contribution in [3.05, 3.63) is 77.4 Å². The van der Waals surface area contributed by atoms with E-state index in [0.717, 1.165) is 39.4 Å². The number of hydrogen-bond donors (Lipinski definition) is 1. The molecule has 9 nitrogen and oxygen atoms in total. The Kier molecular flexibility index (Phi) is 6.10. The summed E-state index contributed by atoms with van der Waals surface area (Å²) in [7, 11) is -2.21. The monoisotopic (exact) mass is 520 g/mol. The number of sulfone groups is 1. The minimum atomic E-state index is -3.72. The molecule has 3 aromatic rings. The van der Waals surface area contributed by atoms with Crippen molar-refractivity contribution in [3.63, 3.8) is 0 Å². The van der Waals surface area contributed by atoms with Gasteiger partial charge in [0.15, 0.2) is 11.5 Å². The summed E-state index contributed by atoms with van der Waals surface area (Å²) in [4.78, 5) is 17.6. The summed E-state index contributed by atoms with van der Waals surface area (Å²) in [6.07, 6.45) is 2.45. The van der Waals surface area contributed by atoms with Crippen molar-refractivity contribution < 1.29 is 22.7 Å². The molecule has 5 rings (SSSR count). The highest BCUT2D eigenvalue weighted by Gasteiger charge is 2.41. The maximum absolute atomic E-state index is 12.6. The van der Waals surface area contributed by atoms with Gasteiger partial charge in [-0.15, -0.1) is 0 Å². The zero-order valence-corrected chi connectivity index (χ0v) is 20.9. The van der Waals surface area contributed by atoms with E-state index in [1.165, 1.54) is 13.2 Å². The number of methoxy groups -OCH3 is 1. The minimum absolute atomic E-state index is 0.0392. The number of benzene rings is 3. The summed E-state index contributed by atoms with van der Waals surface area (Å²) < 4.78 is 39.5. The maximum atomic E-state index is 12.6. The highest BCUT2D eigenvalue weighted by atomic mass is 32.2. The third kappa shape index (κ3) is 4.38. The summed E-state index contributed by atoms with van der Waals surface area (Å²) in [6, 6.07) is 19.2. The fraction of sp³-hybridized carbons (Fsp3) is 0.120. The number of nitrogens with one attached hydrogen (secondary N) is 1. The van der Waals surface area contributed by atoms with Crippen molar-refractivity contribution in [2.45, 2.75) is 6.61 Å². The van der Waals surface area contributed by atoms with Crippen LogP contribution >= 0.6 is 11.9 Å². The lowest BCUT2D eigenvalue weighted by atomic mass is 10.1. The predicted molar refractivity (Wildman–Crippen MR) is 141 cm³/mol. The van der Waals surface area contributed by atoms with Gasteiger partial charge >= 0.3 is 0 Å². The molecule has 2 aliphatic rings. The van der Waals surface area contributed by atoms with E-state index in [0.29, 0.717) is 23.7 Å². The Labute approximate surface area is 211 Å². The Bertz CT molecular complexity index is 1620. The van der Waals surface area contributed by atoms with Crippen molar-refractivity contribution >= 4 is 60.7 Å². The van der Waals surface area contributed by atoms with E-state index in [4.69, 9.17) is 14.9 Å². The van der Waals surface area contributed by atoms with Gasteiger partial charge in [0.25, 0.3) is 5.91 Å². The van der Waals surface area contributed by atoms with Crippen LogP contribution in [0.25, 0.3) is 16.8 Å². The van der Waals surface area contributed by atoms with Crippen LogP contribution in [0, 0.1) is 5.41 Å². The Hall–Kier alpha value is -3.96. The second-order valence-corrected chi connectivity index (χ2v) is 10.7. The number of aliphatic imine (C=N–C) groups is 1. The van der Waals surface area contributed by atoms with Crippen LogP contribution in [0.3, 0.4) is 0 Å². The minimum Gasteiger partial charge on any atom is -0.493 e. The van der Waals surface area contributed by atoms with Crippen molar-refractivity contribution in [2.24, 2.45) is 9.39 Å². The third-order valence-corrected chi connectivity index (χ3v) is 7.34. The summed E-state index contributed by atoms with van der Waals surface area (Å²) in [5.41, 5.74) is 1.52. The van der Waals surface area contributed by atoms with Crippen LogP contribution in [-0.2, 0) is 21.2 Å². The molecule has 0 saturated heterocycles. The van der Waals surface area contributed by atoms with Gasteiger partial charge in [-0.1, -0.05) is 48.5 Å². The fourth-order valence-corrected chi connectivity index (χ4v) is 5.72. The summed E-state index contributed by atoms with van der Waals surface area (Å²) in [5, 5.41) is 10.4. The second-order valence-electron chi connectivity index (χ2n) is 8.02. The van der Waals surface area contributed by atoms with Crippen LogP contribution in [0.5, 0.6) is 11.5 Å². The number of rotatable bonds is 5. The molecule has 0 unspecified atom stereocenters. The number of nitrogens with zero attached hydrogens (tertiary/aromatic N) is 3. The lowest BCUT2D eigenvalue weighted by molar-refractivity contribution is -0.114. The molecule has 0 atom stereocenters. The third-order valence-electron chi connectivity index (χ3n) is 5.59. The molecule has 0 radical (unpaired) electrons. The van der Waals surface area contributed by atoms with E-state index in [1.54, 1.807) is 18.2 Å². The van der Waals surface area contributed by atoms with Gasteiger partial charge in [-0.25, -0.2) is 13.3 Å². The van der Waals surface area contributed by atoms with Gasteiger partial charge in [0, 0.05) is 6.26 Å². The molecule has 1 N–H and O–H groups in total. The quantitative estimate of drug-likeness (QED) is 0.398. The number of carbonyl (C=O) groups excluding carboxylic acids is 1. The highest BCUT2D eigenvalue weighted by Crippen LogP contribution is 2.33. The molecule has 11 heteroatoms. The molecule has 36 heavy (non-hydrogen) atoms. The van der Waals surface area contributed by atoms with Gasteiger partial charge in [0.2, 0.25) is 20.2 Å². The first-order valence-electron chi connectivity index (χ1n) is 10.7. The molecule has 2 heterocycles. The zero-order chi connectivity index (χ0) is 25.4. The molecule has 0 aromatic heterocycles. The number of ether oxygens (including phenoxy) is 2. The molecular formula is C25H20N4O5S2. The average molecular weight is 521 g/mol. The Morgan fingerprint density at radius 2 is 1.86 bits per heavy atom. The molecule has 0 spiro atoms. The van der Waals surface area contributed by atoms with Gasteiger partial charge in [-0.3, -0.25) is 10.2 Å². The number of carbonyl (C=O) groups is 1. The van der Waals surface area contributed by atoms with Crippen LogP contribution in [-0.4, -0.2) is 48.8 Å². The van der Waals surface area contributed by atoms with Gasteiger partial charge in [0.1, 0.15) is 12.4 Å². The normalized spacial score (nSPS) is 16.7. The maximum Gasteiger partial charge on any atom is 0.283 e. The lowest BCUT2D eigenvalue weighted by Gasteiger charge is -2.23. The molecule has 2 aliphatic heterocycles. The Morgan fingerprint density at radius 1 is 1.08 bits per heavy atom. The van der Waals surface area contributed by atoms with Crippen molar-refractivity contribution in [1.82, 2.24) is 4.90 Å². The van der Waals surface area contributed by atoms with Crippen molar-refractivity contribution in [3.8, 4) is 11.5 Å². The van der Waals surface area contributed by atoms with Crippen molar-refractivity contribution in [1.29, 1.82) is 5.41 Å². The van der Waals surface area contributed by atoms with E-state index in [-0.39, 0.29) is 21.7 Å². The first-order chi connectivity index (χ1) is 17.3. The average Bonchev–Trinajstić information content (AvgIpc) is 3.30. The Balaban J connectivity index is 1.41. The van der Waals surface area contributed by atoms with E-state index in [9.17, 15) is 13.2 Å². The van der Waals surface area contributed by atoms with E-state index < -0.39 is 15.7 Å². The van der Waals surface area contributed by atoms with Gasteiger partial charge < -0.3 is 9.47 Å². The van der Waals surface area contributed by atoms with E-state index >= 15 is 0 Å². The molecular weight excluding hydrogens is 500 g/mol. The molecule has 0 fully saturated rings. The van der Waals surface area contributed by atoms with Crippen LogP contribution in [0.2, 0.25) is 0 Å². The van der Waals surface area contributed by atoms with Crippen molar-refractivity contribution in [2.75, 3.05) is 13.4 Å². The SMILES string of the molecule is COc1cc(/C=C2/C(=N)N3C(=NC2=O)SN=C3S(C)(=O)=O)ccc1OCc1cccc2ccccc12. The highest BCUT2D eigenvalue weighted by molar-refractivity contribution is 8.16. The topological polar surface area (TPSA) is 121 Å². The summed E-state index contributed by atoms with van der Waals surface area (Å²) in [6.45, 7) is 0.332. The van der Waals surface area contributed by atoms with Crippen LogP contribution < -0.4 is 9.47 Å². The number of fused-ring (bicyclic) bond motifs is 2. The van der Waals surface area contributed by atoms with Crippen LogP contribution in [0.4, 0.5) is 0 Å². The largest absolute Gasteiger partial charge is 0.493 e. The second kappa shape index (κ2) is 9.25. The first kappa shape index (κ1) is 23.8. The van der Waals surface area contributed by atoms with E-state index in [1.807, 2.05) is 42.5 Å². The molecule has 0 aliphatic carbocycles.